The van der Waals surface area contributed by atoms with E-state index >= 15 is 0 Å². The van der Waals surface area contributed by atoms with Gasteiger partial charge >= 0.3 is 0 Å². The third-order valence-corrected chi connectivity index (χ3v) is 8.41. The van der Waals surface area contributed by atoms with Gasteiger partial charge in [0.05, 0.1) is 0 Å². The molecule has 0 radical (unpaired) electrons. The Kier molecular flexibility index (Phi) is 9.59. The number of rotatable bonds is 11. The summed E-state index contributed by atoms with van der Waals surface area (Å²) in [5, 5.41) is 23.5. The highest BCUT2D eigenvalue weighted by molar-refractivity contribution is 5.80. The van der Waals surface area contributed by atoms with Crippen LogP contribution < -0.4 is 0 Å². The molecule has 0 aromatic heterocycles. The van der Waals surface area contributed by atoms with E-state index in [9.17, 15) is 10.2 Å². The Hall–Kier alpha value is -5.16. The van der Waals surface area contributed by atoms with Crippen LogP contribution in [0, 0.1) is 0 Å². The van der Waals surface area contributed by atoms with Crippen LogP contribution in [0.2, 0.25) is 0 Å². The molecule has 4 nitrogen and oxygen atoms in total. The second-order valence-corrected chi connectivity index (χ2v) is 12.0. The van der Waals surface area contributed by atoms with Crippen molar-refractivity contribution in [3.05, 3.63) is 157 Å². The maximum absolute atomic E-state index is 11.8. The lowest BCUT2D eigenvalue weighted by atomic mass is 9.93. The summed E-state index contributed by atoms with van der Waals surface area (Å²) in [7, 11) is 4.14. The first-order valence-corrected chi connectivity index (χ1v) is 15.8. The summed E-state index contributed by atoms with van der Waals surface area (Å²) in [5.41, 5.74) is 9.57. The summed E-state index contributed by atoms with van der Waals surface area (Å²) in [5.74, 6) is 0.570. The van der Waals surface area contributed by atoms with Crippen LogP contribution in [0.3, 0.4) is 0 Å². The third kappa shape index (κ3) is 7.21. The van der Waals surface area contributed by atoms with E-state index in [-0.39, 0.29) is 11.5 Å². The minimum absolute atomic E-state index is 0.285. The molecule has 0 aliphatic rings. The van der Waals surface area contributed by atoms with Gasteiger partial charge in [0.25, 0.3) is 0 Å². The number of nitrogens with zero attached hydrogens (tertiary/aromatic N) is 2. The fraction of sp³-hybridized carbons (Fsp3) is 0.143. The molecule has 0 saturated heterocycles. The zero-order valence-electron chi connectivity index (χ0n) is 26.5. The molecule has 46 heavy (non-hydrogen) atoms. The zero-order valence-corrected chi connectivity index (χ0v) is 26.5. The summed E-state index contributed by atoms with van der Waals surface area (Å²) in [6, 6.07) is 49.1. The molecule has 0 unspecified atom stereocenters. The molecule has 0 aliphatic heterocycles. The second kappa shape index (κ2) is 14.3. The Morgan fingerprint density at radius 2 is 0.761 bits per heavy atom. The highest BCUT2D eigenvalue weighted by atomic mass is 16.3. The molecule has 0 spiro atoms. The van der Waals surface area contributed by atoms with Gasteiger partial charge < -0.3 is 15.1 Å². The van der Waals surface area contributed by atoms with E-state index in [1.54, 1.807) is 0 Å². The zero-order chi connectivity index (χ0) is 31.9. The van der Waals surface area contributed by atoms with E-state index in [0.29, 0.717) is 13.1 Å². The lowest BCUT2D eigenvalue weighted by Crippen LogP contribution is -2.31. The predicted octanol–water partition coefficient (Wildman–Crippen LogP) is 9.33. The quantitative estimate of drug-likeness (QED) is 0.155. The normalized spacial score (nSPS) is 11.3. The maximum Gasteiger partial charge on any atom is 0.127 e. The van der Waals surface area contributed by atoms with Gasteiger partial charge in [-0.15, -0.1) is 0 Å². The van der Waals surface area contributed by atoms with Gasteiger partial charge in [0.2, 0.25) is 0 Å². The van der Waals surface area contributed by atoms with Crippen molar-refractivity contribution >= 4 is 0 Å². The monoisotopic (exact) mass is 604 g/mol. The summed E-state index contributed by atoms with van der Waals surface area (Å²) in [4.78, 5) is 4.48. The summed E-state index contributed by atoms with van der Waals surface area (Å²) < 4.78 is 0. The average molecular weight is 605 g/mol. The first-order chi connectivity index (χ1) is 22.5. The first kappa shape index (κ1) is 30.8. The van der Waals surface area contributed by atoms with Crippen LogP contribution in [-0.2, 0) is 13.1 Å². The minimum Gasteiger partial charge on any atom is -0.507 e. The third-order valence-electron chi connectivity index (χ3n) is 8.41. The van der Waals surface area contributed by atoms with Gasteiger partial charge in [-0.3, -0.25) is 4.90 Å². The Bertz CT molecular complexity index is 1740. The van der Waals surface area contributed by atoms with Crippen LogP contribution in [0.4, 0.5) is 0 Å². The van der Waals surface area contributed by atoms with Gasteiger partial charge in [-0.05, 0) is 71.7 Å². The molecule has 2 N–H and O–H groups in total. The van der Waals surface area contributed by atoms with E-state index in [0.717, 1.165) is 68.7 Å². The van der Waals surface area contributed by atoms with Crippen LogP contribution in [-0.4, -0.2) is 47.2 Å². The van der Waals surface area contributed by atoms with Gasteiger partial charge in [-0.2, -0.15) is 0 Å². The number of likely N-dealkylation sites (N-methyl/N-ethyl adjacent to an activating group) is 1. The van der Waals surface area contributed by atoms with Crippen molar-refractivity contribution in [3.8, 4) is 56.0 Å². The smallest absolute Gasteiger partial charge is 0.127 e. The molecule has 0 fully saturated rings. The Labute approximate surface area is 272 Å². The fourth-order valence-corrected chi connectivity index (χ4v) is 5.94. The summed E-state index contributed by atoms with van der Waals surface area (Å²) >= 11 is 0. The van der Waals surface area contributed by atoms with Crippen LogP contribution in [0.1, 0.15) is 11.1 Å². The molecule has 4 heteroatoms. The predicted molar refractivity (Wildman–Crippen MR) is 191 cm³/mol. The molecular formula is C42H40N2O2. The Morgan fingerprint density at radius 3 is 1.11 bits per heavy atom. The van der Waals surface area contributed by atoms with E-state index in [2.05, 4.69) is 72.4 Å². The molecule has 0 atom stereocenters. The minimum atomic E-state index is 0.285. The molecule has 0 amide bonds. The lowest BCUT2D eigenvalue weighted by Gasteiger charge is -2.27. The van der Waals surface area contributed by atoms with Gasteiger partial charge in [-0.25, -0.2) is 0 Å². The highest BCUT2D eigenvalue weighted by Gasteiger charge is 2.20. The van der Waals surface area contributed by atoms with Crippen molar-refractivity contribution in [1.82, 2.24) is 9.80 Å². The molecule has 0 aliphatic carbocycles. The topological polar surface area (TPSA) is 46.9 Å². The molecule has 6 aromatic rings. The molecular weight excluding hydrogens is 564 g/mol. The molecule has 6 rings (SSSR count). The van der Waals surface area contributed by atoms with Crippen LogP contribution in [0.15, 0.2) is 146 Å². The van der Waals surface area contributed by atoms with Gasteiger partial charge in [0, 0.05) is 48.4 Å². The van der Waals surface area contributed by atoms with Crippen molar-refractivity contribution in [2.24, 2.45) is 0 Å². The number of aromatic hydroxyl groups is 2. The van der Waals surface area contributed by atoms with Crippen molar-refractivity contribution in [2.75, 3.05) is 27.2 Å². The lowest BCUT2D eigenvalue weighted by molar-refractivity contribution is 0.222. The van der Waals surface area contributed by atoms with Crippen molar-refractivity contribution in [3.63, 3.8) is 0 Å². The van der Waals surface area contributed by atoms with Gasteiger partial charge in [-0.1, -0.05) is 121 Å². The SMILES string of the molecule is CN(C)CCN(Cc1cc(-c2ccccc2)cc(-c2ccccc2)c1O)Cc1cc(-c2ccccc2)cc(-c2ccccc2)c1O. The standard InChI is InChI=1S/C42H40N2O2/c1-43(2)23-24-44(29-37-25-35(31-15-7-3-8-16-31)27-39(41(37)45)33-19-11-5-12-20-33)30-38-26-36(32-17-9-4-10-18-32)28-40(42(38)46)34-21-13-6-14-22-34/h3-22,25-28,45-46H,23-24,29-30H2,1-2H3. The molecule has 0 heterocycles. The van der Waals surface area contributed by atoms with E-state index in [1.807, 2.05) is 97.1 Å². The Balaban J connectivity index is 1.44. The van der Waals surface area contributed by atoms with Gasteiger partial charge in [0.1, 0.15) is 11.5 Å². The summed E-state index contributed by atoms with van der Waals surface area (Å²) in [6.45, 7) is 2.60. The van der Waals surface area contributed by atoms with E-state index in [1.165, 1.54) is 0 Å². The molecule has 6 aromatic carbocycles. The first-order valence-electron chi connectivity index (χ1n) is 15.8. The van der Waals surface area contributed by atoms with Gasteiger partial charge in [0.15, 0.2) is 0 Å². The number of phenolic OH excluding ortho intramolecular Hbond substituents is 2. The number of hydrogen-bond acceptors (Lipinski definition) is 4. The van der Waals surface area contributed by atoms with Crippen molar-refractivity contribution < 1.29 is 10.2 Å². The fourth-order valence-electron chi connectivity index (χ4n) is 5.94. The van der Waals surface area contributed by atoms with Crippen LogP contribution >= 0.6 is 0 Å². The molecule has 230 valence electrons. The van der Waals surface area contributed by atoms with E-state index in [4.69, 9.17) is 0 Å². The Morgan fingerprint density at radius 1 is 0.413 bits per heavy atom. The van der Waals surface area contributed by atoms with Crippen LogP contribution in [0.5, 0.6) is 11.5 Å². The number of benzene rings is 6. The maximum atomic E-state index is 11.8. The second-order valence-electron chi connectivity index (χ2n) is 12.0. The molecule has 0 saturated carbocycles. The average Bonchev–Trinajstić information content (AvgIpc) is 3.10. The van der Waals surface area contributed by atoms with Crippen molar-refractivity contribution in [2.45, 2.75) is 13.1 Å². The van der Waals surface area contributed by atoms with E-state index < -0.39 is 0 Å². The van der Waals surface area contributed by atoms with Crippen molar-refractivity contribution in [1.29, 1.82) is 0 Å². The molecule has 0 bridgehead atoms. The largest absolute Gasteiger partial charge is 0.507 e. The summed E-state index contributed by atoms with van der Waals surface area (Å²) in [6.07, 6.45) is 0. The van der Waals surface area contributed by atoms with Crippen LogP contribution in [0.25, 0.3) is 44.5 Å². The highest BCUT2D eigenvalue weighted by Crippen LogP contribution is 2.40. The number of phenols is 2. The number of hydrogen-bond donors (Lipinski definition) is 2.